The van der Waals surface area contributed by atoms with Crippen molar-refractivity contribution >= 4 is 28.8 Å². The van der Waals surface area contributed by atoms with E-state index in [9.17, 15) is 9.59 Å². The molecule has 1 N–H and O–H groups in total. The molecule has 0 spiro atoms. The smallest absolute Gasteiger partial charge is 0.261 e. The molecule has 1 aromatic heterocycles. The Kier molecular flexibility index (Phi) is 4.68. The zero-order valence-electron chi connectivity index (χ0n) is 14.8. The molecule has 0 unspecified atom stereocenters. The van der Waals surface area contributed by atoms with E-state index in [1.807, 2.05) is 24.3 Å². The van der Waals surface area contributed by atoms with Crippen molar-refractivity contribution in [2.45, 2.75) is 38.1 Å². The van der Waals surface area contributed by atoms with Crippen molar-refractivity contribution < 1.29 is 14.3 Å². The summed E-state index contributed by atoms with van der Waals surface area (Å²) in [6.45, 7) is 0.491. The predicted octanol–water partition coefficient (Wildman–Crippen LogP) is 3.17. The molecule has 26 heavy (non-hydrogen) atoms. The van der Waals surface area contributed by atoms with Crippen LogP contribution < -0.4 is 15.0 Å². The fourth-order valence-corrected chi connectivity index (χ4v) is 4.85. The molecule has 0 radical (unpaired) electrons. The van der Waals surface area contributed by atoms with Gasteiger partial charge in [0.25, 0.3) is 5.91 Å². The van der Waals surface area contributed by atoms with E-state index < -0.39 is 0 Å². The van der Waals surface area contributed by atoms with E-state index in [2.05, 4.69) is 10.7 Å². The normalized spacial score (nSPS) is 19.3. The number of amides is 2. The van der Waals surface area contributed by atoms with Crippen LogP contribution in [0.4, 0.5) is 5.69 Å². The number of nitrogens with one attached hydrogen (secondary N) is 1. The molecular weight excluding hydrogens is 348 g/mol. The largest absolute Gasteiger partial charge is 0.497 e. The maximum absolute atomic E-state index is 12.7. The molecule has 6 heteroatoms. The number of hydrogen-bond donors (Lipinski definition) is 1. The van der Waals surface area contributed by atoms with Crippen LogP contribution in [0.25, 0.3) is 0 Å². The van der Waals surface area contributed by atoms with E-state index in [4.69, 9.17) is 4.74 Å². The van der Waals surface area contributed by atoms with Crippen molar-refractivity contribution in [1.29, 1.82) is 0 Å². The van der Waals surface area contributed by atoms with Gasteiger partial charge >= 0.3 is 0 Å². The van der Waals surface area contributed by atoms with Gasteiger partial charge in [0.15, 0.2) is 0 Å². The number of benzene rings is 1. The average Bonchev–Trinajstić information content (AvgIpc) is 3.25. The van der Waals surface area contributed by atoms with Gasteiger partial charge in [0.1, 0.15) is 5.75 Å². The Hall–Kier alpha value is -2.34. The lowest BCUT2D eigenvalue weighted by Gasteiger charge is -2.18. The van der Waals surface area contributed by atoms with Crippen LogP contribution in [0, 0.1) is 0 Å². The van der Waals surface area contributed by atoms with E-state index in [1.165, 1.54) is 28.9 Å². The van der Waals surface area contributed by atoms with Gasteiger partial charge in [-0.15, -0.1) is 11.3 Å². The van der Waals surface area contributed by atoms with E-state index in [1.54, 1.807) is 12.0 Å². The minimum Gasteiger partial charge on any atom is -0.497 e. The maximum Gasteiger partial charge on any atom is 0.261 e. The molecule has 1 fully saturated rings. The van der Waals surface area contributed by atoms with Crippen LogP contribution in [0.15, 0.2) is 29.6 Å². The molecule has 4 rings (SSSR count). The molecule has 0 saturated carbocycles. The number of carbonyl (C=O) groups is 2. The summed E-state index contributed by atoms with van der Waals surface area (Å²) in [7, 11) is 1.61. The van der Waals surface area contributed by atoms with Crippen molar-refractivity contribution in [3.05, 3.63) is 45.6 Å². The number of fused-ring (bicyclic) bond motifs is 1. The summed E-state index contributed by atoms with van der Waals surface area (Å²) in [5.74, 6) is 0.702. The van der Waals surface area contributed by atoms with Gasteiger partial charge in [-0.25, -0.2) is 0 Å². The Morgan fingerprint density at radius 1 is 1.31 bits per heavy atom. The SMILES string of the molecule is COc1cccc(N2C[C@H](NC(=O)c3scc4c3CCCC4)CC2=O)c1. The van der Waals surface area contributed by atoms with E-state index in [0.29, 0.717) is 18.7 Å². The Morgan fingerprint density at radius 2 is 2.15 bits per heavy atom. The second kappa shape index (κ2) is 7.11. The summed E-state index contributed by atoms with van der Waals surface area (Å²) >= 11 is 1.53. The first kappa shape index (κ1) is 17.1. The van der Waals surface area contributed by atoms with Crippen LogP contribution in [-0.4, -0.2) is 31.5 Å². The number of aryl methyl sites for hydroxylation is 1. The van der Waals surface area contributed by atoms with E-state index in [-0.39, 0.29) is 17.9 Å². The molecule has 1 atom stereocenters. The lowest BCUT2D eigenvalue weighted by Crippen LogP contribution is -2.37. The molecule has 1 aromatic carbocycles. The minimum absolute atomic E-state index is 0.0248. The molecule has 136 valence electrons. The highest BCUT2D eigenvalue weighted by atomic mass is 32.1. The van der Waals surface area contributed by atoms with Crippen LogP contribution >= 0.6 is 11.3 Å². The van der Waals surface area contributed by atoms with Crippen LogP contribution in [0.5, 0.6) is 5.75 Å². The van der Waals surface area contributed by atoms with Gasteiger partial charge in [0.2, 0.25) is 5.91 Å². The third-order valence-corrected chi connectivity index (χ3v) is 6.20. The van der Waals surface area contributed by atoms with Crippen molar-refractivity contribution in [3.63, 3.8) is 0 Å². The predicted molar refractivity (Wildman–Crippen MR) is 102 cm³/mol. The highest BCUT2D eigenvalue weighted by Crippen LogP contribution is 2.30. The van der Waals surface area contributed by atoms with Gasteiger partial charge in [0.05, 0.1) is 18.0 Å². The van der Waals surface area contributed by atoms with Gasteiger partial charge < -0.3 is 15.0 Å². The number of thiophene rings is 1. The van der Waals surface area contributed by atoms with Crippen molar-refractivity contribution in [2.24, 2.45) is 0 Å². The summed E-state index contributed by atoms with van der Waals surface area (Å²) in [6, 6.07) is 7.29. The molecule has 2 aliphatic rings. The zero-order valence-corrected chi connectivity index (χ0v) is 15.6. The maximum atomic E-state index is 12.7. The molecule has 2 heterocycles. The second-order valence-electron chi connectivity index (χ2n) is 6.86. The molecule has 5 nitrogen and oxygen atoms in total. The number of anilines is 1. The Bertz CT molecular complexity index is 845. The zero-order chi connectivity index (χ0) is 18.1. The topological polar surface area (TPSA) is 58.6 Å². The Balaban J connectivity index is 1.45. The first-order chi connectivity index (χ1) is 12.7. The fourth-order valence-electron chi connectivity index (χ4n) is 3.79. The van der Waals surface area contributed by atoms with Crippen LogP contribution in [0.1, 0.15) is 40.1 Å². The van der Waals surface area contributed by atoms with Crippen LogP contribution in [-0.2, 0) is 17.6 Å². The number of carbonyl (C=O) groups excluding carboxylic acids is 2. The molecular formula is C20H22N2O3S. The van der Waals surface area contributed by atoms with Crippen molar-refractivity contribution in [2.75, 3.05) is 18.6 Å². The molecule has 2 amide bonds. The molecule has 1 aliphatic carbocycles. The van der Waals surface area contributed by atoms with Gasteiger partial charge in [-0.2, -0.15) is 0 Å². The Morgan fingerprint density at radius 3 is 3.00 bits per heavy atom. The summed E-state index contributed by atoms with van der Waals surface area (Å²) in [5, 5.41) is 5.18. The highest BCUT2D eigenvalue weighted by Gasteiger charge is 2.32. The van der Waals surface area contributed by atoms with E-state index in [0.717, 1.165) is 29.8 Å². The van der Waals surface area contributed by atoms with Crippen LogP contribution in [0.2, 0.25) is 0 Å². The third-order valence-electron chi connectivity index (χ3n) is 5.14. The first-order valence-corrected chi connectivity index (χ1v) is 9.88. The number of rotatable bonds is 4. The Labute approximate surface area is 157 Å². The summed E-state index contributed by atoms with van der Waals surface area (Å²) in [5.41, 5.74) is 3.35. The van der Waals surface area contributed by atoms with Gasteiger partial charge in [-0.05, 0) is 54.3 Å². The number of methoxy groups -OCH3 is 1. The van der Waals surface area contributed by atoms with Crippen molar-refractivity contribution in [1.82, 2.24) is 5.32 Å². The molecule has 1 saturated heterocycles. The van der Waals surface area contributed by atoms with Gasteiger partial charge in [0, 0.05) is 24.7 Å². The average molecular weight is 370 g/mol. The van der Waals surface area contributed by atoms with Crippen molar-refractivity contribution in [3.8, 4) is 5.75 Å². The number of ether oxygens (including phenoxy) is 1. The quantitative estimate of drug-likeness (QED) is 0.899. The molecule has 2 aromatic rings. The third kappa shape index (κ3) is 3.21. The highest BCUT2D eigenvalue weighted by molar-refractivity contribution is 7.12. The molecule has 0 bridgehead atoms. The number of nitrogens with zero attached hydrogens (tertiary/aromatic N) is 1. The lowest BCUT2D eigenvalue weighted by atomic mass is 9.94. The molecule has 1 aliphatic heterocycles. The summed E-state index contributed by atoms with van der Waals surface area (Å²) in [4.78, 5) is 27.7. The van der Waals surface area contributed by atoms with Crippen LogP contribution in [0.3, 0.4) is 0 Å². The van der Waals surface area contributed by atoms with E-state index >= 15 is 0 Å². The summed E-state index contributed by atoms with van der Waals surface area (Å²) < 4.78 is 5.24. The number of hydrogen-bond acceptors (Lipinski definition) is 4. The fraction of sp³-hybridized carbons (Fsp3) is 0.400. The van der Waals surface area contributed by atoms with Gasteiger partial charge in [-0.3, -0.25) is 9.59 Å². The minimum atomic E-state index is -0.164. The monoisotopic (exact) mass is 370 g/mol. The second-order valence-corrected chi connectivity index (χ2v) is 7.74. The standard InChI is InChI=1S/C20H22N2O3S/c1-25-16-7-4-6-15(10-16)22-11-14(9-18(22)23)21-20(24)19-17-8-3-2-5-13(17)12-26-19/h4,6-7,10,12,14H,2-3,5,8-9,11H2,1H3,(H,21,24)/t14-/m1/s1. The van der Waals surface area contributed by atoms with Gasteiger partial charge in [-0.1, -0.05) is 6.07 Å². The first-order valence-electron chi connectivity index (χ1n) is 9.00. The summed E-state index contributed by atoms with van der Waals surface area (Å²) in [6.07, 6.45) is 4.75. The lowest BCUT2D eigenvalue weighted by molar-refractivity contribution is -0.117.